The van der Waals surface area contributed by atoms with E-state index < -0.39 is 12.0 Å². The van der Waals surface area contributed by atoms with Crippen molar-refractivity contribution in [3.8, 4) is 17.2 Å². The van der Waals surface area contributed by atoms with Crippen LogP contribution in [0.15, 0.2) is 54.6 Å². The highest BCUT2D eigenvalue weighted by Gasteiger charge is 2.25. The van der Waals surface area contributed by atoms with Crippen molar-refractivity contribution in [3.05, 3.63) is 65.7 Å². The molecule has 6 heteroatoms. The summed E-state index contributed by atoms with van der Waals surface area (Å²) in [4.78, 5) is 24.5. The maximum atomic E-state index is 12.7. The van der Waals surface area contributed by atoms with E-state index >= 15 is 0 Å². The number of ether oxygens (including phenoxy) is 3. The first-order valence-corrected chi connectivity index (χ1v) is 10.2. The van der Waals surface area contributed by atoms with Crippen LogP contribution in [0.5, 0.6) is 17.2 Å². The molecular weight excluding hydrogens is 394 g/mol. The van der Waals surface area contributed by atoms with Gasteiger partial charge in [0.25, 0.3) is 0 Å². The normalized spacial score (nSPS) is 11.6. The second kappa shape index (κ2) is 9.98. The van der Waals surface area contributed by atoms with E-state index in [1.54, 1.807) is 26.4 Å². The largest absolute Gasteiger partial charge is 0.493 e. The van der Waals surface area contributed by atoms with Gasteiger partial charge in [0.2, 0.25) is 5.91 Å². The van der Waals surface area contributed by atoms with Gasteiger partial charge in [0, 0.05) is 18.9 Å². The smallest absolute Gasteiger partial charge is 0.308 e. The summed E-state index contributed by atoms with van der Waals surface area (Å²) in [6, 6.07) is 16.4. The molecule has 0 spiro atoms. The van der Waals surface area contributed by atoms with E-state index in [2.05, 4.69) is 5.32 Å². The van der Waals surface area contributed by atoms with E-state index in [0.29, 0.717) is 29.2 Å². The van der Waals surface area contributed by atoms with E-state index in [4.69, 9.17) is 14.2 Å². The Morgan fingerprint density at radius 2 is 1.65 bits per heavy atom. The van der Waals surface area contributed by atoms with Gasteiger partial charge in [-0.15, -0.1) is 0 Å². The average molecular weight is 421 g/mol. The van der Waals surface area contributed by atoms with Gasteiger partial charge >= 0.3 is 5.97 Å². The molecule has 3 aromatic rings. The quantitative estimate of drug-likeness (QED) is 0.418. The Morgan fingerprint density at radius 3 is 2.32 bits per heavy atom. The Kier molecular flexibility index (Phi) is 7.13. The number of amides is 1. The molecule has 0 aromatic heterocycles. The molecule has 1 amide bonds. The number of fused-ring (bicyclic) bond motifs is 1. The molecule has 0 radical (unpaired) electrons. The zero-order chi connectivity index (χ0) is 22.4. The second-order valence-corrected chi connectivity index (χ2v) is 7.16. The van der Waals surface area contributed by atoms with Crippen molar-refractivity contribution < 1.29 is 23.8 Å². The summed E-state index contributed by atoms with van der Waals surface area (Å²) in [6.07, 6.45) is 1.11. The third kappa shape index (κ3) is 4.97. The molecule has 1 N–H and O–H groups in total. The van der Waals surface area contributed by atoms with Crippen molar-refractivity contribution in [2.24, 2.45) is 0 Å². The molecule has 162 valence electrons. The van der Waals surface area contributed by atoms with Crippen LogP contribution in [0.1, 0.15) is 43.9 Å². The van der Waals surface area contributed by atoms with Crippen LogP contribution in [0, 0.1) is 0 Å². The van der Waals surface area contributed by atoms with Gasteiger partial charge in [-0.3, -0.25) is 9.59 Å². The fourth-order valence-corrected chi connectivity index (χ4v) is 3.63. The zero-order valence-corrected chi connectivity index (χ0v) is 18.2. The summed E-state index contributed by atoms with van der Waals surface area (Å²) < 4.78 is 16.4. The minimum absolute atomic E-state index is 0.0935. The molecule has 0 bridgehead atoms. The maximum absolute atomic E-state index is 12.7. The average Bonchev–Trinajstić information content (AvgIpc) is 2.77. The number of hydrogen-bond donors (Lipinski definition) is 1. The molecule has 0 saturated heterocycles. The van der Waals surface area contributed by atoms with Crippen molar-refractivity contribution in [2.45, 2.75) is 32.7 Å². The van der Waals surface area contributed by atoms with Gasteiger partial charge in [0.05, 0.1) is 20.3 Å². The molecule has 0 saturated carbocycles. The van der Waals surface area contributed by atoms with Crippen molar-refractivity contribution >= 4 is 22.6 Å². The Morgan fingerprint density at radius 1 is 0.935 bits per heavy atom. The number of carbonyl (C=O) groups is 2. The SMILES string of the molecule is CCCC(=O)NC(c1ccc(OC)c(OC)c1)c1c(OC(C)=O)ccc2ccccc12. The number of carbonyl (C=O) groups excluding carboxylic acids is 2. The number of methoxy groups -OCH3 is 2. The Balaban J connectivity index is 2.25. The number of hydrogen-bond acceptors (Lipinski definition) is 5. The van der Waals surface area contributed by atoms with Crippen LogP contribution in [-0.2, 0) is 9.59 Å². The van der Waals surface area contributed by atoms with Crippen LogP contribution >= 0.6 is 0 Å². The predicted molar refractivity (Wildman–Crippen MR) is 120 cm³/mol. The highest BCUT2D eigenvalue weighted by Crippen LogP contribution is 2.39. The summed E-state index contributed by atoms with van der Waals surface area (Å²) in [5.74, 6) is 1.02. The number of benzene rings is 3. The van der Waals surface area contributed by atoms with E-state index in [0.717, 1.165) is 22.8 Å². The van der Waals surface area contributed by atoms with Crippen molar-refractivity contribution in [1.82, 2.24) is 5.32 Å². The van der Waals surface area contributed by atoms with Gasteiger partial charge < -0.3 is 19.5 Å². The fourth-order valence-electron chi connectivity index (χ4n) is 3.63. The van der Waals surface area contributed by atoms with E-state index in [9.17, 15) is 9.59 Å². The lowest BCUT2D eigenvalue weighted by Gasteiger charge is -2.24. The summed E-state index contributed by atoms with van der Waals surface area (Å²) >= 11 is 0. The van der Waals surface area contributed by atoms with Crippen LogP contribution in [0.25, 0.3) is 10.8 Å². The van der Waals surface area contributed by atoms with E-state index in [1.807, 2.05) is 49.4 Å². The molecule has 0 heterocycles. The first-order chi connectivity index (χ1) is 15.0. The van der Waals surface area contributed by atoms with Crippen molar-refractivity contribution in [2.75, 3.05) is 14.2 Å². The van der Waals surface area contributed by atoms with Crippen molar-refractivity contribution in [3.63, 3.8) is 0 Å². The standard InChI is InChI=1S/C25H27NO5/c1-5-8-23(28)26-25(18-12-13-20(29-3)22(15-18)30-4)24-19-10-7-6-9-17(19)11-14-21(24)31-16(2)27/h6-7,9-15,25H,5,8H2,1-4H3,(H,26,28). The molecule has 31 heavy (non-hydrogen) atoms. The predicted octanol–water partition coefficient (Wildman–Crippen LogP) is 4.79. The zero-order valence-electron chi connectivity index (χ0n) is 18.2. The van der Waals surface area contributed by atoms with Gasteiger partial charge in [-0.05, 0) is 41.0 Å². The maximum Gasteiger partial charge on any atom is 0.308 e. The van der Waals surface area contributed by atoms with Crippen LogP contribution in [-0.4, -0.2) is 26.1 Å². The second-order valence-electron chi connectivity index (χ2n) is 7.16. The summed E-state index contributed by atoms with van der Waals surface area (Å²) in [5, 5.41) is 4.98. The monoisotopic (exact) mass is 421 g/mol. The first-order valence-electron chi connectivity index (χ1n) is 10.2. The minimum Gasteiger partial charge on any atom is -0.493 e. The van der Waals surface area contributed by atoms with E-state index in [-0.39, 0.29) is 5.91 Å². The van der Waals surface area contributed by atoms with Gasteiger partial charge in [0.1, 0.15) is 5.75 Å². The summed E-state index contributed by atoms with van der Waals surface area (Å²) in [7, 11) is 3.13. The Bertz CT molecular complexity index is 1090. The molecule has 3 rings (SSSR count). The van der Waals surface area contributed by atoms with Crippen LogP contribution in [0.3, 0.4) is 0 Å². The molecule has 1 atom stereocenters. The van der Waals surface area contributed by atoms with Gasteiger partial charge in [0.15, 0.2) is 11.5 Å². The molecule has 0 aliphatic heterocycles. The summed E-state index contributed by atoms with van der Waals surface area (Å²) in [6.45, 7) is 3.31. The fraction of sp³-hybridized carbons (Fsp3) is 0.280. The van der Waals surface area contributed by atoms with Crippen LogP contribution in [0.2, 0.25) is 0 Å². The number of nitrogens with one attached hydrogen (secondary N) is 1. The first kappa shape index (κ1) is 22.2. The highest BCUT2D eigenvalue weighted by atomic mass is 16.5. The Labute approximate surface area is 182 Å². The molecule has 0 fully saturated rings. The topological polar surface area (TPSA) is 73.9 Å². The Hall–Kier alpha value is -3.54. The van der Waals surface area contributed by atoms with Crippen molar-refractivity contribution in [1.29, 1.82) is 0 Å². The lowest BCUT2D eigenvalue weighted by molar-refractivity contribution is -0.131. The molecule has 0 aliphatic rings. The molecule has 6 nitrogen and oxygen atoms in total. The third-order valence-corrected chi connectivity index (χ3v) is 5.00. The molecule has 1 unspecified atom stereocenters. The van der Waals surface area contributed by atoms with E-state index in [1.165, 1.54) is 6.92 Å². The van der Waals surface area contributed by atoms with Crippen LogP contribution < -0.4 is 19.5 Å². The van der Waals surface area contributed by atoms with Gasteiger partial charge in [-0.2, -0.15) is 0 Å². The number of rotatable bonds is 8. The molecule has 3 aromatic carbocycles. The lowest BCUT2D eigenvalue weighted by Crippen LogP contribution is -2.29. The lowest BCUT2D eigenvalue weighted by atomic mass is 9.92. The van der Waals surface area contributed by atoms with Gasteiger partial charge in [-0.1, -0.05) is 43.3 Å². The molecular formula is C25H27NO5. The van der Waals surface area contributed by atoms with Gasteiger partial charge in [-0.25, -0.2) is 0 Å². The third-order valence-electron chi connectivity index (χ3n) is 5.00. The number of esters is 1. The highest BCUT2D eigenvalue weighted by molar-refractivity contribution is 5.90. The minimum atomic E-state index is -0.556. The molecule has 0 aliphatic carbocycles. The summed E-state index contributed by atoms with van der Waals surface area (Å²) in [5.41, 5.74) is 1.50. The van der Waals surface area contributed by atoms with Crippen LogP contribution in [0.4, 0.5) is 0 Å².